The van der Waals surface area contributed by atoms with Crippen molar-refractivity contribution in [2.45, 2.75) is 12.8 Å². The zero-order valence-corrected chi connectivity index (χ0v) is 16.1. The van der Waals surface area contributed by atoms with E-state index in [4.69, 9.17) is 9.47 Å². The molecule has 27 heavy (non-hydrogen) atoms. The fraction of sp³-hybridized carbons (Fsp3) is 0.250. The van der Waals surface area contributed by atoms with Crippen LogP contribution in [0.3, 0.4) is 0 Å². The Morgan fingerprint density at radius 2 is 1.22 bits per heavy atom. The molecule has 1 N–H and O–H groups in total. The molecule has 3 nitrogen and oxygen atoms in total. The lowest BCUT2D eigenvalue weighted by Crippen LogP contribution is -2.20. The van der Waals surface area contributed by atoms with E-state index in [0.29, 0.717) is 0 Å². The minimum absolute atomic E-state index is 0.771. The van der Waals surface area contributed by atoms with Gasteiger partial charge in [0.15, 0.2) is 11.5 Å². The molecule has 0 unspecified atom stereocenters. The van der Waals surface area contributed by atoms with Gasteiger partial charge in [0, 0.05) is 0 Å². The number of rotatable bonds is 9. The Morgan fingerprint density at radius 3 is 1.89 bits per heavy atom. The summed E-state index contributed by atoms with van der Waals surface area (Å²) in [5.74, 6) is 1.56. The van der Waals surface area contributed by atoms with Gasteiger partial charge >= 0.3 is 0 Å². The Balaban J connectivity index is 1.43. The van der Waals surface area contributed by atoms with E-state index in [2.05, 4.69) is 59.9 Å². The van der Waals surface area contributed by atoms with E-state index in [0.717, 1.165) is 37.4 Å². The topological polar surface area (TPSA) is 30.5 Å². The standard InChI is InChI=1S/C24H27NO2/c1-26-23-13-10-20(18-24(23)27-2)15-17-25-16-14-19-8-11-22(12-9-19)21-6-4-3-5-7-21/h3-13,18,25H,14-17H2,1-2H3. The molecule has 0 heterocycles. The van der Waals surface area contributed by atoms with Crippen molar-refractivity contribution in [1.29, 1.82) is 0 Å². The summed E-state index contributed by atoms with van der Waals surface area (Å²) in [4.78, 5) is 0. The average Bonchev–Trinajstić information content (AvgIpc) is 2.74. The molecule has 0 bridgehead atoms. The summed E-state index contributed by atoms with van der Waals surface area (Å²) in [5.41, 5.74) is 5.12. The third-order valence-corrected chi connectivity index (χ3v) is 4.69. The summed E-state index contributed by atoms with van der Waals surface area (Å²) in [5, 5.41) is 3.52. The van der Waals surface area contributed by atoms with Gasteiger partial charge in [0.2, 0.25) is 0 Å². The maximum absolute atomic E-state index is 5.36. The molecule has 3 aromatic carbocycles. The van der Waals surface area contributed by atoms with Gasteiger partial charge in [-0.05, 0) is 60.3 Å². The summed E-state index contributed by atoms with van der Waals surface area (Å²) in [6, 6.07) is 25.4. The number of hydrogen-bond acceptors (Lipinski definition) is 3. The largest absolute Gasteiger partial charge is 0.493 e. The van der Waals surface area contributed by atoms with Crippen molar-refractivity contribution < 1.29 is 9.47 Å². The van der Waals surface area contributed by atoms with Crippen molar-refractivity contribution in [3.8, 4) is 22.6 Å². The van der Waals surface area contributed by atoms with E-state index in [1.54, 1.807) is 14.2 Å². The Hall–Kier alpha value is -2.78. The predicted octanol–water partition coefficient (Wildman–Crippen LogP) is 4.75. The lowest BCUT2D eigenvalue weighted by atomic mass is 10.0. The summed E-state index contributed by atoms with van der Waals surface area (Å²) in [6.45, 7) is 1.91. The molecule has 0 radical (unpaired) electrons. The van der Waals surface area contributed by atoms with Crippen LogP contribution in [0.1, 0.15) is 11.1 Å². The van der Waals surface area contributed by atoms with Crippen LogP contribution in [0.5, 0.6) is 11.5 Å². The van der Waals surface area contributed by atoms with Crippen LogP contribution in [0.25, 0.3) is 11.1 Å². The highest BCUT2D eigenvalue weighted by molar-refractivity contribution is 5.63. The van der Waals surface area contributed by atoms with Gasteiger partial charge in [-0.2, -0.15) is 0 Å². The number of methoxy groups -OCH3 is 2. The smallest absolute Gasteiger partial charge is 0.160 e. The molecule has 0 fully saturated rings. The molecule has 0 saturated heterocycles. The third kappa shape index (κ3) is 5.35. The average molecular weight is 361 g/mol. The summed E-state index contributed by atoms with van der Waals surface area (Å²) >= 11 is 0. The Bertz CT molecular complexity index is 829. The van der Waals surface area contributed by atoms with E-state index in [1.807, 2.05) is 18.2 Å². The quantitative estimate of drug-likeness (QED) is 0.558. The van der Waals surface area contributed by atoms with Crippen molar-refractivity contribution in [3.63, 3.8) is 0 Å². The zero-order valence-electron chi connectivity index (χ0n) is 16.1. The van der Waals surface area contributed by atoms with Crippen molar-refractivity contribution in [2.24, 2.45) is 0 Å². The number of hydrogen-bond donors (Lipinski definition) is 1. The molecule has 3 heteroatoms. The third-order valence-electron chi connectivity index (χ3n) is 4.69. The fourth-order valence-electron chi connectivity index (χ4n) is 3.12. The van der Waals surface area contributed by atoms with Crippen LogP contribution in [0.2, 0.25) is 0 Å². The van der Waals surface area contributed by atoms with E-state index in [1.165, 1.54) is 22.3 Å². The van der Waals surface area contributed by atoms with Crippen LogP contribution in [-0.4, -0.2) is 27.3 Å². The molecule has 3 aromatic rings. The second kappa shape index (κ2) is 9.79. The highest BCUT2D eigenvalue weighted by Crippen LogP contribution is 2.27. The summed E-state index contributed by atoms with van der Waals surface area (Å²) < 4.78 is 10.6. The molecule has 140 valence electrons. The van der Waals surface area contributed by atoms with Crippen molar-refractivity contribution >= 4 is 0 Å². The van der Waals surface area contributed by atoms with Crippen molar-refractivity contribution in [1.82, 2.24) is 5.32 Å². The van der Waals surface area contributed by atoms with Crippen LogP contribution in [0.4, 0.5) is 0 Å². The lowest BCUT2D eigenvalue weighted by molar-refractivity contribution is 0.354. The highest BCUT2D eigenvalue weighted by Gasteiger charge is 2.04. The second-order valence-electron chi connectivity index (χ2n) is 6.50. The second-order valence-corrected chi connectivity index (χ2v) is 6.50. The Kier molecular flexibility index (Phi) is 6.89. The minimum atomic E-state index is 0.771. The molecule has 0 spiro atoms. The molecule has 0 amide bonds. The summed E-state index contributed by atoms with van der Waals surface area (Å²) in [6.07, 6.45) is 1.99. The monoisotopic (exact) mass is 361 g/mol. The first kappa shape index (κ1) is 19.0. The maximum Gasteiger partial charge on any atom is 0.160 e. The van der Waals surface area contributed by atoms with Gasteiger partial charge in [0.1, 0.15) is 0 Å². The highest BCUT2D eigenvalue weighted by atomic mass is 16.5. The van der Waals surface area contributed by atoms with Crippen molar-refractivity contribution in [3.05, 3.63) is 83.9 Å². The van der Waals surface area contributed by atoms with Crippen LogP contribution in [0.15, 0.2) is 72.8 Å². The maximum atomic E-state index is 5.36. The molecule has 0 aromatic heterocycles. The number of nitrogens with one attached hydrogen (secondary N) is 1. The molecule has 0 aliphatic carbocycles. The molecule has 0 aliphatic heterocycles. The van der Waals surface area contributed by atoms with E-state index in [-0.39, 0.29) is 0 Å². The molecule has 0 saturated carbocycles. The Labute approximate surface area is 162 Å². The van der Waals surface area contributed by atoms with Crippen LogP contribution in [0, 0.1) is 0 Å². The molecule has 0 aliphatic rings. The van der Waals surface area contributed by atoms with Crippen molar-refractivity contribution in [2.75, 3.05) is 27.3 Å². The SMILES string of the molecule is COc1ccc(CCNCCc2ccc(-c3ccccc3)cc2)cc1OC. The predicted molar refractivity (Wildman–Crippen MR) is 112 cm³/mol. The molecule has 3 rings (SSSR count). The van der Waals surface area contributed by atoms with Crippen LogP contribution >= 0.6 is 0 Å². The number of ether oxygens (including phenoxy) is 2. The first-order chi connectivity index (χ1) is 13.3. The van der Waals surface area contributed by atoms with Gasteiger partial charge < -0.3 is 14.8 Å². The zero-order chi connectivity index (χ0) is 18.9. The first-order valence-electron chi connectivity index (χ1n) is 9.36. The minimum Gasteiger partial charge on any atom is -0.493 e. The molecular formula is C24H27NO2. The Morgan fingerprint density at radius 1 is 0.630 bits per heavy atom. The van der Waals surface area contributed by atoms with E-state index < -0.39 is 0 Å². The van der Waals surface area contributed by atoms with Gasteiger partial charge in [-0.3, -0.25) is 0 Å². The van der Waals surface area contributed by atoms with E-state index >= 15 is 0 Å². The van der Waals surface area contributed by atoms with Crippen LogP contribution in [-0.2, 0) is 12.8 Å². The molecular weight excluding hydrogens is 334 g/mol. The first-order valence-corrected chi connectivity index (χ1v) is 9.36. The van der Waals surface area contributed by atoms with Crippen LogP contribution < -0.4 is 14.8 Å². The summed E-state index contributed by atoms with van der Waals surface area (Å²) in [7, 11) is 3.33. The normalized spacial score (nSPS) is 10.6. The van der Waals surface area contributed by atoms with E-state index in [9.17, 15) is 0 Å². The fourth-order valence-corrected chi connectivity index (χ4v) is 3.12. The molecule has 0 atom stereocenters. The van der Waals surface area contributed by atoms with Gasteiger partial charge in [0.25, 0.3) is 0 Å². The van der Waals surface area contributed by atoms with Gasteiger partial charge in [-0.1, -0.05) is 60.7 Å². The van der Waals surface area contributed by atoms with Gasteiger partial charge in [-0.25, -0.2) is 0 Å². The lowest BCUT2D eigenvalue weighted by Gasteiger charge is -2.10. The van der Waals surface area contributed by atoms with Gasteiger partial charge in [0.05, 0.1) is 14.2 Å². The number of benzene rings is 3. The van der Waals surface area contributed by atoms with Gasteiger partial charge in [-0.15, -0.1) is 0 Å².